The van der Waals surface area contributed by atoms with E-state index in [0.29, 0.717) is 6.61 Å². The highest BCUT2D eigenvalue weighted by Crippen LogP contribution is 2.14. The highest BCUT2D eigenvalue weighted by atomic mass is 16.5. The van der Waals surface area contributed by atoms with Gasteiger partial charge in [-0.15, -0.1) is 0 Å². The fourth-order valence-electron chi connectivity index (χ4n) is 1.34. The van der Waals surface area contributed by atoms with Gasteiger partial charge in [0.15, 0.2) is 0 Å². The third kappa shape index (κ3) is 2.83. The van der Waals surface area contributed by atoms with E-state index in [1.807, 2.05) is 19.1 Å². The summed E-state index contributed by atoms with van der Waals surface area (Å²) in [6.45, 7) is 5.37. The molecule has 0 spiro atoms. The molecule has 2 nitrogen and oxygen atoms in total. The van der Waals surface area contributed by atoms with Crippen LogP contribution in [0.4, 0.5) is 0 Å². The molecule has 1 aromatic rings. The second-order valence-electron chi connectivity index (χ2n) is 3.12. The first-order chi connectivity index (χ1) is 6.25. The van der Waals surface area contributed by atoms with Crippen molar-refractivity contribution in [3.63, 3.8) is 0 Å². The van der Waals surface area contributed by atoms with Crippen LogP contribution in [0.2, 0.25) is 0 Å². The van der Waals surface area contributed by atoms with Gasteiger partial charge in [-0.2, -0.15) is 0 Å². The molecule has 0 saturated heterocycles. The third-order valence-corrected chi connectivity index (χ3v) is 2.09. The smallest absolute Gasteiger partial charge is 0.0659 e. The number of aryl methyl sites for hydroxylation is 1. The predicted octanol–water partition coefficient (Wildman–Crippen LogP) is 2.03. The van der Waals surface area contributed by atoms with E-state index in [0.717, 1.165) is 6.61 Å². The van der Waals surface area contributed by atoms with Crippen molar-refractivity contribution in [1.82, 2.24) is 0 Å². The van der Waals surface area contributed by atoms with E-state index in [-0.39, 0.29) is 6.04 Å². The van der Waals surface area contributed by atoms with Crippen LogP contribution in [-0.4, -0.2) is 13.2 Å². The molecule has 0 amide bonds. The Balaban J connectivity index is 2.65. The van der Waals surface area contributed by atoms with Gasteiger partial charge >= 0.3 is 0 Å². The molecule has 0 aliphatic rings. The Hall–Kier alpha value is -0.860. The average molecular weight is 179 g/mol. The van der Waals surface area contributed by atoms with Crippen LogP contribution < -0.4 is 5.73 Å². The molecule has 2 heteroatoms. The van der Waals surface area contributed by atoms with Crippen LogP contribution in [-0.2, 0) is 4.74 Å². The van der Waals surface area contributed by atoms with Gasteiger partial charge in [0.25, 0.3) is 0 Å². The van der Waals surface area contributed by atoms with Crippen molar-refractivity contribution in [2.75, 3.05) is 13.2 Å². The second-order valence-corrected chi connectivity index (χ2v) is 3.12. The van der Waals surface area contributed by atoms with Crippen molar-refractivity contribution in [3.05, 3.63) is 35.4 Å². The van der Waals surface area contributed by atoms with Gasteiger partial charge in [-0.3, -0.25) is 0 Å². The third-order valence-electron chi connectivity index (χ3n) is 2.09. The molecular formula is C11H17NO. The summed E-state index contributed by atoms with van der Waals surface area (Å²) in [5, 5.41) is 0. The summed E-state index contributed by atoms with van der Waals surface area (Å²) in [7, 11) is 0. The zero-order valence-corrected chi connectivity index (χ0v) is 8.29. The zero-order chi connectivity index (χ0) is 9.68. The summed E-state index contributed by atoms with van der Waals surface area (Å²) in [4.78, 5) is 0. The molecule has 0 aliphatic carbocycles. The summed E-state index contributed by atoms with van der Waals surface area (Å²) < 4.78 is 5.28. The Bertz CT molecular complexity index is 260. The van der Waals surface area contributed by atoms with Crippen molar-refractivity contribution in [2.24, 2.45) is 5.73 Å². The minimum Gasteiger partial charge on any atom is -0.380 e. The minimum absolute atomic E-state index is 0.00106. The molecule has 2 N–H and O–H groups in total. The first-order valence-electron chi connectivity index (χ1n) is 4.64. The lowest BCUT2D eigenvalue weighted by Gasteiger charge is -2.13. The Labute approximate surface area is 79.7 Å². The number of nitrogens with two attached hydrogens (primary N) is 1. The average Bonchev–Trinajstić information content (AvgIpc) is 2.15. The van der Waals surface area contributed by atoms with E-state index in [2.05, 4.69) is 19.1 Å². The molecule has 1 atom stereocenters. The second kappa shape index (κ2) is 5.00. The van der Waals surface area contributed by atoms with Crippen molar-refractivity contribution in [3.8, 4) is 0 Å². The maximum atomic E-state index is 5.96. The molecule has 1 rings (SSSR count). The van der Waals surface area contributed by atoms with Crippen LogP contribution in [0, 0.1) is 6.92 Å². The Morgan fingerprint density at radius 3 is 2.69 bits per heavy atom. The molecule has 1 aromatic carbocycles. The monoisotopic (exact) mass is 179 g/mol. The van der Waals surface area contributed by atoms with Gasteiger partial charge in [0.2, 0.25) is 0 Å². The van der Waals surface area contributed by atoms with Gasteiger partial charge in [-0.25, -0.2) is 0 Å². The van der Waals surface area contributed by atoms with Crippen LogP contribution in [0.3, 0.4) is 0 Å². The van der Waals surface area contributed by atoms with Crippen LogP contribution >= 0.6 is 0 Å². The quantitative estimate of drug-likeness (QED) is 0.767. The molecule has 72 valence electrons. The lowest BCUT2D eigenvalue weighted by Crippen LogP contribution is -2.18. The minimum atomic E-state index is 0.00106. The highest BCUT2D eigenvalue weighted by molar-refractivity contribution is 5.28. The molecule has 0 radical (unpaired) electrons. The van der Waals surface area contributed by atoms with Crippen molar-refractivity contribution in [2.45, 2.75) is 19.9 Å². The lowest BCUT2D eigenvalue weighted by molar-refractivity contribution is 0.133. The SMILES string of the molecule is CCOCC(N)c1ccccc1C. The summed E-state index contributed by atoms with van der Waals surface area (Å²) in [6, 6.07) is 8.15. The Morgan fingerprint density at radius 2 is 2.08 bits per heavy atom. The van der Waals surface area contributed by atoms with Gasteiger partial charge in [0, 0.05) is 6.61 Å². The fourth-order valence-corrected chi connectivity index (χ4v) is 1.34. The molecule has 0 bridgehead atoms. The van der Waals surface area contributed by atoms with Gasteiger partial charge in [-0.1, -0.05) is 24.3 Å². The molecule has 0 fully saturated rings. The van der Waals surface area contributed by atoms with Gasteiger partial charge < -0.3 is 10.5 Å². The molecular weight excluding hydrogens is 162 g/mol. The van der Waals surface area contributed by atoms with Crippen molar-refractivity contribution < 1.29 is 4.74 Å². The Morgan fingerprint density at radius 1 is 1.38 bits per heavy atom. The maximum Gasteiger partial charge on any atom is 0.0659 e. The number of benzene rings is 1. The van der Waals surface area contributed by atoms with E-state index < -0.39 is 0 Å². The maximum absolute atomic E-state index is 5.96. The molecule has 0 saturated carbocycles. The van der Waals surface area contributed by atoms with Crippen molar-refractivity contribution >= 4 is 0 Å². The summed E-state index contributed by atoms with van der Waals surface area (Å²) in [5.41, 5.74) is 8.36. The molecule has 0 aliphatic heterocycles. The molecule has 0 aromatic heterocycles. The Kier molecular flexibility index (Phi) is 3.93. The van der Waals surface area contributed by atoms with Gasteiger partial charge in [0.1, 0.15) is 0 Å². The first kappa shape index (κ1) is 10.2. The van der Waals surface area contributed by atoms with E-state index in [9.17, 15) is 0 Å². The highest BCUT2D eigenvalue weighted by Gasteiger charge is 2.07. The van der Waals surface area contributed by atoms with E-state index in [1.165, 1.54) is 11.1 Å². The molecule has 13 heavy (non-hydrogen) atoms. The number of hydrogen-bond acceptors (Lipinski definition) is 2. The van der Waals surface area contributed by atoms with Crippen LogP contribution in [0.25, 0.3) is 0 Å². The van der Waals surface area contributed by atoms with Crippen LogP contribution in [0.5, 0.6) is 0 Å². The van der Waals surface area contributed by atoms with E-state index >= 15 is 0 Å². The lowest BCUT2D eigenvalue weighted by atomic mass is 10.0. The largest absolute Gasteiger partial charge is 0.380 e. The van der Waals surface area contributed by atoms with Gasteiger partial charge in [-0.05, 0) is 25.0 Å². The fraction of sp³-hybridized carbons (Fsp3) is 0.455. The first-order valence-corrected chi connectivity index (χ1v) is 4.64. The molecule has 0 heterocycles. The summed E-state index contributed by atoms with van der Waals surface area (Å²) >= 11 is 0. The number of rotatable bonds is 4. The van der Waals surface area contributed by atoms with Crippen LogP contribution in [0.1, 0.15) is 24.1 Å². The predicted molar refractivity (Wildman–Crippen MR) is 54.6 cm³/mol. The molecule has 1 unspecified atom stereocenters. The number of hydrogen-bond donors (Lipinski definition) is 1. The van der Waals surface area contributed by atoms with Gasteiger partial charge in [0.05, 0.1) is 12.6 Å². The van der Waals surface area contributed by atoms with E-state index in [1.54, 1.807) is 0 Å². The standard InChI is InChI=1S/C11H17NO/c1-3-13-8-11(12)10-7-5-4-6-9(10)2/h4-7,11H,3,8,12H2,1-2H3. The van der Waals surface area contributed by atoms with E-state index in [4.69, 9.17) is 10.5 Å². The van der Waals surface area contributed by atoms with Crippen LogP contribution in [0.15, 0.2) is 24.3 Å². The van der Waals surface area contributed by atoms with Crippen molar-refractivity contribution in [1.29, 1.82) is 0 Å². The topological polar surface area (TPSA) is 35.2 Å². The normalized spacial score (nSPS) is 12.8. The zero-order valence-electron chi connectivity index (χ0n) is 8.29. The summed E-state index contributed by atoms with van der Waals surface area (Å²) in [6.07, 6.45) is 0. The summed E-state index contributed by atoms with van der Waals surface area (Å²) in [5.74, 6) is 0. The number of ether oxygens (including phenoxy) is 1.